The van der Waals surface area contributed by atoms with Gasteiger partial charge in [0.2, 0.25) is 0 Å². The van der Waals surface area contributed by atoms with Crippen molar-refractivity contribution in [1.82, 2.24) is 0 Å². The third kappa shape index (κ3) is 5.57. The SMILES string of the molecule is Cc1oc(=O)oc1COC(=O)CC(C)(C)CC(=O)C(C)C. The molecule has 1 aromatic rings. The molecule has 0 radical (unpaired) electrons. The summed E-state index contributed by atoms with van der Waals surface area (Å²) >= 11 is 0. The zero-order valence-corrected chi connectivity index (χ0v) is 13.1. The van der Waals surface area contributed by atoms with Crippen molar-refractivity contribution < 1.29 is 23.2 Å². The number of carbonyl (C=O) groups is 2. The Kier molecular flexibility index (Phi) is 5.52. The normalized spacial score (nSPS) is 11.7. The van der Waals surface area contributed by atoms with Crippen molar-refractivity contribution in [3.8, 4) is 0 Å². The van der Waals surface area contributed by atoms with Gasteiger partial charge in [0, 0.05) is 12.3 Å². The predicted molar refractivity (Wildman–Crippen MR) is 74.6 cm³/mol. The molecule has 0 amide bonds. The van der Waals surface area contributed by atoms with E-state index in [0.717, 1.165) is 0 Å². The number of ketones is 1. The van der Waals surface area contributed by atoms with Crippen molar-refractivity contribution in [2.24, 2.45) is 11.3 Å². The highest BCUT2D eigenvalue weighted by atomic mass is 16.6. The van der Waals surface area contributed by atoms with Crippen LogP contribution >= 0.6 is 0 Å². The van der Waals surface area contributed by atoms with Crippen LogP contribution in [0.5, 0.6) is 0 Å². The number of carbonyl (C=O) groups excluding carboxylic acids is 2. The molecule has 0 unspecified atom stereocenters. The summed E-state index contributed by atoms with van der Waals surface area (Å²) in [6.45, 7) is 8.76. The Morgan fingerprint density at radius 2 is 1.81 bits per heavy atom. The van der Waals surface area contributed by atoms with Gasteiger partial charge in [-0.15, -0.1) is 0 Å². The summed E-state index contributed by atoms with van der Waals surface area (Å²) in [5.74, 6) is -0.708. The van der Waals surface area contributed by atoms with Crippen LogP contribution in [-0.2, 0) is 20.9 Å². The highest BCUT2D eigenvalue weighted by molar-refractivity contribution is 5.81. The maximum absolute atomic E-state index is 11.8. The Balaban J connectivity index is 2.51. The molecule has 0 spiro atoms. The van der Waals surface area contributed by atoms with E-state index < -0.39 is 17.2 Å². The van der Waals surface area contributed by atoms with Crippen LogP contribution in [0.25, 0.3) is 0 Å². The van der Waals surface area contributed by atoms with Crippen LogP contribution in [0.15, 0.2) is 13.6 Å². The molecule has 1 aromatic heterocycles. The van der Waals surface area contributed by atoms with Gasteiger partial charge in [0.05, 0.1) is 6.42 Å². The van der Waals surface area contributed by atoms with Gasteiger partial charge in [0.1, 0.15) is 5.78 Å². The van der Waals surface area contributed by atoms with Gasteiger partial charge >= 0.3 is 11.8 Å². The fraction of sp³-hybridized carbons (Fsp3) is 0.667. The lowest BCUT2D eigenvalue weighted by Crippen LogP contribution is -2.24. The Labute approximate surface area is 123 Å². The number of Topliss-reactive ketones (excluding diaryl/α,β-unsaturated/α-hetero) is 1. The first kappa shape index (κ1) is 17.2. The Bertz CT molecular complexity index is 561. The van der Waals surface area contributed by atoms with Crippen molar-refractivity contribution in [3.05, 3.63) is 22.1 Å². The second-order valence-corrected chi connectivity index (χ2v) is 6.23. The monoisotopic (exact) mass is 298 g/mol. The summed E-state index contributed by atoms with van der Waals surface area (Å²) in [5, 5.41) is 0. The molecule has 0 aliphatic heterocycles. The molecule has 1 rings (SSSR count). The minimum absolute atomic E-state index is 0.0526. The summed E-state index contributed by atoms with van der Waals surface area (Å²) in [6.07, 6.45) is 0.437. The summed E-state index contributed by atoms with van der Waals surface area (Å²) in [6, 6.07) is 0. The molecule has 6 heteroatoms. The van der Waals surface area contributed by atoms with Crippen LogP contribution in [-0.4, -0.2) is 11.8 Å². The Morgan fingerprint density at radius 1 is 1.19 bits per heavy atom. The molecule has 0 fully saturated rings. The zero-order valence-electron chi connectivity index (χ0n) is 13.1. The number of esters is 1. The van der Waals surface area contributed by atoms with E-state index in [4.69, 9.17) is 9.15 Å². The maximum atomic E-state index is 11.8. The van der Waals surface area contributed by atoms with E-state index in [1.165, 1.54) is 0 Å². The molecule has 0 saturated heterocycles. The van der Waals surface area contributed by atoms with Gasteiger partial charge in [-0.25, -0.2) is 4.79 Å². The standard InChI is InChI=1S/C15H22O6/c1-9(2)11(16)6-15(4,5)7-13(17)19-8-12-10(3)20-14(18)21-12/h9H,6-8H2,1-5H3. The number of aryl methyl sites for hydroxylation is 1. The molecule has 0 bridgehead atoms. The fourth-order valence-electron chi connectivity index (χ4n) is 1.83. The van der Waals surface area contributed by atoms with Gasteiger partial charge < -0.3 is 13.6 Å². The minimum atomic E-state index is -0.818. The highest BCUT2D eigenvalue weighted by Gasteiger charge is 2.27. The number of hydrogen-bond donors (Lipinski definition) is 0. The summed E-state index contributed by atoms with van der Waals surface area (Å²) in [7, 11) is 0. The largest absolute Gasteiger partial charge is 0.519 e. The summed E-state index contributed by atoms with van der Waals surface area (Å²) in [5.41, 5.74) is -0.468. The van der Waals surface area contributed by atoms with Crippen LogP contribution in [0.2, 0.25) is 0 Å². The predicted octanol–water partition coefficient (Wildman–Crippen LogP) is 2.62. The van der Waals surface area contributed by atoms with Crippen LogP contribution in [0, 0.1) is 18.3 Å². The quantitative estimate of drug-likeness (QED) is 0.719. The first-order chi connectivity index (χ1) is 9.60. The van der Waals surface area contributed by atoms with Crippen LogP contribution in [0.4, 0.5) is 0 Å². The van der Waals surface area contributed by atoms with Gasteiger partial charge in [-0.2, -0.15) is 0 Å². The van der Waals surface area contributed by atoms with Crippen molar-refractivity contribution in [2.75, 3.05) is 0 Å². The molecular weight excluding hydrogens is 276 g/mol. The van der Waals surface area contributed by atoms with E-state index in [1.807, 2.05) is 27.7 Å². The van der Waals surface area contributed by atoms with Crippen molar-refractivity contribution in [1.29, 1.82) is 0 Å². The molecule has 21 heavy (non-hydrogen) atoms. The second-order valence-electron chi connectivity index (χ2n) is 6.23. The average molecular weight is 298 g/mol. The van der Waals surface area contributed by atoms with E-state index in [1.54, 1.807) is 6.92 Å². The molecule has 0 aliphatic carbocycles. The number of ether oxygens (including phenoxy) is 1. The second kappa shape index (κ2) is 6.74. The molecule has 0 saturated carbocycles. The van der Waals surface area contributed by atoms with Crippen molar-refractivity contribution >= 4 is 11.8 Å². The van der Waals surface area contributed by atoms with Gasteiger partial charge in [-0.3, -0.25) is 9.59 Å². The fourth-order valence-corrected chi connectivity index (χ4v) is 1.83. The molecule has 0 atom stereocenters. The Hall–Kier alpha value is -1.85. The first-order valence-electron chi connectivity index (χ1n) is 6.88. The van der Waals surface area contributed by atoms with E-state index in [9.17, 15) is 14.4 Å². The summed E-state index contributed by atoms with van der Waals surface area (Å²) in [4.78, 5) is 34.4. The third-order valence-electron chi connectivity index (χ3n) is 3.12. The van der Waals surface area contributed by atoms with E-state index in [2.05, 4.69) is 4.42 Å². The third-order valence-corrected chi connectivity index (χ3v) is 3.12. The average Bonchev–Trinajstić information content (AvgIpc) is 2.63. The zero-order chi connectivity index (χ0) is 16.2. The molecule has 0 aromatic carbocycles. The van der Waals surface area contributed by atoms with E-state index in [-0.39, 0.29) is 30.5 Å². The lowest BCUT2D eigenvalue weighted by atomic mass is 9.82. The van der Waals surface area contributed by atoms with Crippen molar-refractivity contribution in [2.45, 2.75) is 54.1 Å². The van der Waals surface area contributed by atoms with Crippen LogP contribution in [0.1, 0.15) is 52.1 Å². The van der Waals surface area contributed by atoms with Gasteiger partial charge in [-0.1, -0.05) is 27.7 Å². The molecular formula is C15H22O6. The van der Waals surface area contributed by atoms with Crippen molar-refractivity contribution in [3.63, 3.8) is 0 Å². The van der Waals surface area contributed by atoms with Crippen LogP contribution < -0.4 is 5.82 Å². The van der Waals surface area contributed by atoms with E-state index in [0.29, 0.717) is 12.2 Å². The van der Waals surface area contributed by atoms with Gasteiger partial charge in [0.25, 0.3) is 0 Å². The summed E-state index contributed by atoms with van der Waals surface area (Å²) < 4.78 is 14.5. The molecule has 0 aliphatic rings. The maximum Gasteiger partial charge on any atom is 0.519 e. The lowest BCUT2D eigenvalue weighted by Gasteiger charge is -2.23. The number of rotatable bonds is 7. The van der Waals surface area contributed by atoms with Crippen LogP contribution in [0.3, 0.4) is 0 Å². The van der Waals surface area contributed by atoms with Gasteiger partial charge in [0.15, 0.2) is 18.1 Å². The first-order valence-corrected chi connectivity index (χ1v) is 6.88. The Morgan fingerprint density at radius 3 is 2.29 bits per heavy atom. The minimum Gasteiger partial charge on any atom is -0.457 e. The molecule has 1 heterocycles. The molecule has 118 valence electrons. The topological polar surface area (TPSA) is 86.7 Å². The van der Waals surface area contributed by atoms with E-state index >= 15 is 0 Å². The highest BCUT2D eigenvalue weighted by Crippen LogP contribution is 2.27. The molecule has 6 nitrogen and oxygen atoms in total. The lowest BCUT2D eigenvalue weighted by molar-refractivity contribution is -0.148. The molecule has 0 N–H and O–H groups in total. The number of hydrogen-bond acceptors (Lipinski definition) is 6. The van der Waals surface area contributed by atoms with Gasteiger partial charge in [-0.05, 0) is 12.3 Å². The smallest absolute Gasteiger partial charge is 0.457 e.